The number of amides is 4. The van der Waals surface area contributed by atoms with Crippen molar-refractivity contribution in [1.82, 2.24) is 40.5 Å². The van der Waals surface area contributed by atoms with Crippen LogP contribution in [-0.4, -0.2) is 102 Å². The predicted octanol–water partition coefficient (Wildman–Crippen LogP) is 0.0561. The summed E-state index contributed by atoms with van der Waals surface area (Å²) in [6.07, 6.45) is 1.52. The summed E-state index contributed by atoms with van der Waals surface area (Å²) < 4.78 is 1.55. The van der Waals surface area contributed by atoms with Gasteiger partial charge >= 0.3 is 12.0 Å². The van der Waals surface area contributed by atoms with Gasteiger partial charge in [0.2, 0.25) is 11.8 Å². The number of hydrazine groups is 2. The van der Waals surface area contributed by atoms with Gasteiger partial charge in [-0.1, -0.05) is 30.0 Å². The lowest BCUT2D eigenvalue weighted by atomic mass is 10.0. The van der Waals surface area contributed by atoms with Crippen molar-refractivity contribution in [3.8, 4) is 5.69 Å². The Morgan fingerprint density at radius 2 is 1.95 bits per heavy atom. The van der Waals surface area contributed by atoms with Crippen molar-refractivity contribution < 1.29 is 29.1 Å². The molecule has 0 saturated carbocycles. The van der Waals surface area contributed by atoms with E-state index < -0.39 is 42.2 Å². The van der Waals surface area contributed by atoms with Crippen molar-refractivity contribution in [2.24, 2.45) is 0 Å². The summed E-state index contributed by atoms with van der Waals surface area (Å²) in [5.74, 6) is -2.98. The third kappa shape index (κ3) is 5.94. The van der Waals surface area contributed by atoms with Crippen molar-refractivity contribution in [2.45, 2.75) is 42.9 Å². The van der Waals surface area contributed by atoms with Crippen LogP contribution in [0, 0.1) is 0 Å². The van der Waals surface area contributed by atoms with Gasteiger partial charge in [0.1, 0.15) is 12.4 Å². The molecule has 0 spiro atoms. The molecular formula is C23H28N8O6S. The van der Waals surface area contributed by atoms with Gasteiger partial charge in [-0.3, -0.25) is 24.2 Å². The highest BCUT2D eigenvalue weighted by atomic mass is 32.2. The lowest BCUT2D eigenvalue weighted by Crippen LogP contribution is -2.64. The molecular weight excluding hydrogens is 516 g/mol. The summed E-state index contributed by atoms with van der Waals surface area (Å²) >= 11 is 1.06. The predicted molar refractivity (Wildman–Crippen MR) is 134 cm³/mol. The third-order valence-corrected chi connectivity index (χ3v) is 7.15. The van der Waals surface area contributed by atoms with E-state index in [-0.39, 0.29) is 37.6 Å². The highest BCUT2D eigenvalue weighted by Crippen LogP contribution is 2.24. The van der Waals surface area contributed by atoms with Crippen molar-refractivity contribution in [1.29, 1.82) is 0 Å². The number of carbonyl (C=O) groups is 5. The number of aliphatic carboxylic acids is 1. The van der Waals surface area contributed by atoms with E-state index in [1.807, 2.05) is 30.3 Å². The van der Waals surface area contributed by atoms with Gasteiger partial charge in [0, 0.05) is 26.6 Å². The average Bonchev–Trinajstić information content (AvgIpc) is 3.35. The summed E-state index contributed by atoms with van der Waals surface area (Å²) in [4.78, 5) is 67.8. The Morgan fingerprint density at radius 3 is 2.66 bits per heavy atom. The number of carboxylic acids is 1. The zero-order valence-electron chi connectivity index (χ0n) is 20.6. The minimum absolute atomic E-state index is 0.0857. The summed E-state index contributed by atoms with van der Waals surface area (Å²) in [7, 11) is 1.54. The fourth-order valence-electron chi connectivity index (χ4n) is 4.32. The summed E-state index contributed by atoms with van der Waals surface area (Å²) in [6.45, 7) is 0.419. The van der Waals surface area contributed by atoms with E-state index in [9.17, 15) is 29.1 Å². The van der Waals surface area contributed by atoms with Crippen LogP contribution >= 0.6 is 11.8 Å². The first-order valence-corrected chi connectivity index (χ1v) is 13.0. The molecule has 202 valence electrons. The SMILES string of the molecule is CNN1CCC(=O)N2CCC[C@@H](C(=O)N[C@@H](CC(=O)O)C(=O)CSc3ncnn3-c3ccccc3)N2C1=O. The minimum atomic E-state index is -1.34. The maximum atomic E-state index is 13.3. The molecule has 38 heavy (non-hydrogen) atoms. The Bertz CT molecular complexity index is 1210. The zero-order chi connectivity index (χ0) is 27.2. The molecule has 3 N–H and O–H groups in total. The number of ketones is 1. The molecule has 4 amide bonds. The summed E-state index contributed by atoms with van der Waals surface area (Å²) in [5, 5.41) is 20.1. The van der Waals surface area contributed by atoms with E-state index in [0.717, 1.165) is 22.5 Å². The van der Waals surface area contributed by atoms with E-state index in [2.05, 4.69) is 20.8 Å². The zero-order valence-corrected chi connectivity index (χ0v) is 21.5. The number of carbonyl (C=O) groups excluding carboxylic acids is 4. The molecule has 1 aromatic heterocycles. The molecule has 2 fully saturated rings. The molecule has 0 radical (unpaired) electrons. The number of hydrogen-bond acceptors (Lipinski definition) is 9. The lowest BCUT2D eigenvalue weighted by molar-refractivity contribution is -0.155. The van der Waals surface area contributed by atoms with E-state index in [1.165, 1.54) is 23.4 Å². The normalized spacial score (nSPS) is 18.6. The number of Topliss-reactive ketones (excluding diaryl/α,β-unsaturated/α-hetero) is 1. The van der Waals surface area contributed by atoms with Gasteiger partial charge in [-0.25, -0.2) is 29.9 Å². The second-order valence-corrected chi connectivity index (χ2v) is 9.57. The highest BCUT2D eigenvalue weighted by molar-refractivity contribution is 7.99. The third-order valence-electron chi connectivity index (χ3n) is 6.18. The fraction of sp³-hybridized carbons (Fsp3) is 0.435. The van der Waals surface area contributed by atoms with Gasteiger partial charge in [-0.15, -0.1) is 0 Å². The van der Waals surface area contributed by atoms with E-state index in [0.29, 0.717) is 11.6 Å². The highest BCUT2D eigenvalue weighted by Gasteiger charge is 2.44. The number of rotatable bonds is 10. The fourth-order valence-corrected chi connectivity index (χ4v) is 5.19. The van der Waals surface area contributed by atoms with E-state index in [4.69, 9.17) is 0 Å². The molecule has 2 aliphatic heterocycles. The van der Waals surface area contributed by atoms with Gasteiger partial charge < -0.3 is 10.4 Å². The van der Waals surface area contributed by atoms with Crippen LogP contribution in [-0.2, 0) is 19.2 Å². The lowest BCUT2D eigenvalue weighted by Gasteiger charge is -2.43. The second-order valence-electron chi connectivity index (χ2n) is 8.63. The standard InChI is InChI=1S/C23H28N8O6S/c1-24-28-11-9-19(33)29-10-5-8-17(31(29)23(28)37)21(36)27-16(12-20(34)35)18(32)13-38-22-25-14-26-30(22)15-6-3-2-4-7-15/h2-4,6-7,14,16-17,24H,5,8-13H2,1H3,(H,27,36)(H,34,35)/t16-,17-/m0/s1. The first-order chi connectivity index (χ1) is 18.3. The molecule has 2 aliphatic rings. The number of para-hydroxylation sites is 1. The quantitative estimate of drug-likeness (QED) is 0.348. The maximum absolute atomic E-state index is 13.3. The Labute approximate surface area is 222 Å². The number of nitrogens with zero attached hydrogens (tertiary/aromatic N) is 6. The molecule has 0 bridgehead atoms. The van der Waals surface area contributed by atoms with Crippen molar-refractivity contribution in [2.75, 3.05) is 25.9 Å². The van der Waals surface area contributed by atoms with Crippen molar-refractivity contribution in [3.63, 3.8) is 0 Å². The number of benzene rings is 1. The maximum Gasteiger partial charge on any atom is 0.353 e. The summed E-state index contributed by atoms with van der Waals surface area (Å²) in [5.41, 5.74) is 3.46. The first-order valence-electron chi connectivity index (χ1n) is 12.0. The molecule has 14 nitrogen and oxygen atoms in total. The minimum Gasteiger partial charge on any atom is -0.481 e. The monoisotopic (exact) mass is 544 g/mol. The van der Waals surface area contributed by atoms with Crippen LogP contribution < -0.4 is 10.7 Å². The second kappa shape index (κ2) is 12.0. The summed E-state index contributed by atoms with van der Waals surface area (Å²) in [6, 6.07) is 6.18. The first kappa shape index (κ1) is 27.1. The van der Waals surface area contributed by atoms with Gasteiger partial charge in [-0.2, -0.15) is 5.10 Å². The van der Waals surface area contributed by atoms with E-state index >= 15 is 0 Å². The van der Waals surface area contributed by atoms with E-state index in [1.54, 1.807) is 4.68 Å². The van der Waals surface area contributed by atoms with Crippen LogP contribution in [0.3, 0.4) is 0 Å². The molecule has 1 aromatic carbocycles. The Morgan fingerprint density at radius 1 is 1.18 bits per heavy atom. The smallest absolute Gasteiger partial charge is 0.353 e. The molecule has 4 rings (SSSR count). The van der Waals surface area contributed by atoms with Gasteiger partial charge in [0.15, 0.2) is 10.9 Å². The number of fused-ring (bicyclic) bond motifs is 1. The largest absolute Gasteiger partial charge is 0.481 e. The number of nitrogens with one attached hydrogen (secondary N) is 2. The molecule has 15 heteroatoms. The number of aromatic nitrogens is 3. The Balaban J connectivity index is 1.47. The van der Waals surface area contributed by atoms with Crippen LogP contribution in [0.4, 0.5) is 4.79 Å². The topological polar surface area (TPSA) is 170 Å². The van der Waals surface area contributed by atoms with Crippen LogP contribution in [0.1, 0.15) is 25.7 Å². The number of urea groups is 1. The van der Waals surface area contributed by atoms with Gasteiger partial charge in [-0.05, 0) is 25.0 Å². The number of hydrogen-bond donors (Lipinski definition) is 3. The van der Waals surface area contributed by atoms with Crippen LogP contribution in [0.2, 0.25) is 0 Å². The molecule has 3 heterocycles. The molecule has 2 atom stereocenters. The molecule has 0 aliphatic carbocycles. The molecule has 2 aromatic rings. The Kier molecular flexibility index (Phi) is 8.58. The average molecular weight is 545 g/mol. The molecule has 2 saturated heterocycles. The number of thioether (sulfide) groups is 1. The van der Waals surface area contributed by atoms with Gasteiger partial charge in [0.25, 0.3) is 0 Å². The van der Waals surface area contributed by atoms with Crippen molar-refractivity contribution in [3.05, 3.63) is 36.7 Å². The number of carboxylic acid groups (broad SMARTS) is 1. The van der Waals surface area contributed by atoms with Crippen LogP contribution in [0.25, 0.3) is 5.69 Å². The van der Waals surface area contributed by atoms with Crippen LogP contribution in [0.15, 0.2) is 41.8 Å². The van der Waals surface area contributed by atoms with Gasteiger partial charge in [0.05, 0.1) is 23.9 Å². The van der Waals surface area contributed by atoms with Crippen LogP contribution in [0.5, 0.6) is 0 Å². The molecule has 0 unspecified atom stereocenters. The van der Waals surface area contributed by atoms with Crippen molar-refractivity contribution >= 4 is 41.4 Å². The Hall–Kier alpha value is -3.98.